The van der Waals surface area contributed by atoms with Crippen molar-refractivity contribution in [2.24, 2.45) is 0 Å². The molecule has 3 rings (SSSR count). The van der Waals surface area contributed by atoms with Gasteiger partial charge in [0.1, 0.15) is 23.1 Å². The Bertz CT molecular complexity index is 1010. The average molecular weight is 510 g/mol. The highest BCUT2D eigenvalue weighted by molar-refractivity contribution is 6.32. The van der Waals surface area contributed by atoms with Crippen molar-refractivity contribution in [1.29, 1.82) is 0 Å². The van der Waals surface area contributed by atoms with Crippen molar-refractivity contribution in [2.75, 3.05) is 30.3 Å². The fraction of sp³-hybridized carbons (Fsp3) is 0.565. The van der Waals surface area contributed by atoms with E-state index in [1.165, 1.54) is 26.2 Å². The minimum absolute atomic E-state index is 0.00900. The molecule has 12 heteroatoms. The molecule has 2 aromatic heterocycles. The Morgan fingerprint density at radius 2 is 2.03 bits per heavy atom. The van der Waals surface area contributed by atoms with E-state index >= 15 is 0 Å². The first kappa shape index (κ1) is 26.8. The standard InChI is InChI=1S/C23H33ClFN7O3/c1-13(2)30-17-9-19(27-10-15(17)21(33)28-12-18(25)23(3,4)34)31-20-16(24)11-29-22(32-20)35-14-5-7-26-8-6-14/h9-11,13-14,18,26,34H,5-8,12H2,1-4H3,(H,28,33)(H2,27,29,30,31,32). The Morgan fingerprint density at radius 1 is 1.31 bits per heavy atom. The van der Waals surface area contributed by atoms with Crippen LogP contribution in [0.2, 0.25) is 5.02 Å². The summed E-state index contributed by atoms with van der Waals surface area (Å²) < 4.78 is 20.0. The van der Waals surface area contributed by atoms with Gasteiger partial charge in [-0.25, -0.2) is 14.4 Å². The Hall–Kier alpha value is -2.76. The summed E-state index contributed by atoms with van der Waals surface area (Å²) in [4.78, 5) is 25.6. The molecule has 3 heterocycles. The molecule has 1 amide bonds. The smallest absolute Gasteiger partial charge is 0.318 e. The largest absolute Gasteiger partial charge is 0.460 e. The molecule has 192 valence electrons. The van der Waals surface area contributed by atoms with Gasteiger partial charge in [0.15, 0.2) is 5.82 Å². The number of aliphatic hydroxyl groups is 1. The number of carbonyl (C=O) groups is 1. The van der Waals surface area contributed by atoms with Crippen molar-refractivity contribution in [3.05, 3.63) is 29.0 Å². The molecule has 1 aliphatic heterocycles. The minimum atomic E-state index is -1.62. The van der Waals surface area contributed by atoms with Crippen LogP contribution in [0.4, 0.5) is 21.7 Å². The fourth-order valence-corrected chi connectivity index (χ4v) is 3.48. The number of hydrogen-bond donors (Lipinski definition) is 5. The zero-order valence-electron chi connectivity index (χ0n) is 20.4. The number of halogens is 2. The average Bonchev–Trinajstić information content (AvgIpc) is 2.79. The number of alkyl halides is 1. The van der Waals surface area contributed by atoms with Crippen LogP contribution in [0.3, 0.4) is 0 Å². The van der Waals surface area contributed by atoms with Crippen molar-refractivity contribution in [3.8, 4) is 6.01 Å². The first-order valence-electron chi connectivity index (χ1n) is 11.6. The van der Waals surface area contributed by atoms with Crippen molar-refractivity contribution in [1.82, 2.24) is 25.6 Å². The molecule has 1 atom stereocenters. The van der Waals surface area contributed by atoms with Gasteiger partial charge in [0, 0.05) is 18.3 Å². The van der Waals surface area contributed by atoms with E-state index in [1.807, 2.05) is 13.8 Å². The van der Waals surface area contributed by atoms with E-state index < -0.39 is 17.7 Å². The molecule has 0 saturated carbocycles. The molecule has 0 bridgehead atoms. The Morgan fingerprint density at radius 3 is 2.69 bits per heavy atom. The summed E-state index contributed by atoms with van der Waals surface area (Å²) in [6.07, 6.45) is 2.97. The van der Waals surface area contributed by atoms with Gasteiger partial charge >= 0.3 is 6.01 Å². The van der Waals surface area contributed by atoms with Gasteiger partial charge in [-0.2, -0.15) is 4.98 Å². The highest BCUT2D eigenvalue weighted by atomic mass is 35.5. The second-order valence-electron chi connectivity index (χ2n) is 9.29. The molecule has 5 N–H and O–H groups in total. The van der Waals surface area contributed by atoms with Crippen LogP contribution in [0.25, 0.3) is 0 Å². The van der Waals surface area contributed by atoms with Crippen LogP contribution in [0.5, 0.6) is 6.01 Å². The number of ether oxygens (including phenoxy) is 1. The third-order valence-corrected chi connectivity index (χ3v) is 5.60. The van der Waals surface area contributed by atoms with E-state index in [4.69, 9.17) is 16.3 Å². The first-order chi connectivity index (χ1) is 16.5. The lowest BCUT2D eigenvalue weighted by molar-refractivity contribution is -0.00177. The second kappa shape index (κ2) is 11.8. The van der Waals surface area contributed by atoms with Gasteiger partial charge in [0.2, 0.25) is 0 Å². The number of nitrogens with one attached hydrogen (secondary N) is 4. The van der Waals surface area contributed by atoms with Gasteiger partial charge in [-0.1, -0.05) is 11.6 Å². The van der Waals surface area contributed by atoms with E-state index in [0.717, 1.165) is 25.9 Å². The summed E-state index contributed by atoms with van der Waals surface area (Å²) >= 11 is 6.29. The number of nitrogens with zero attached hydrogens (tertiary/aromatic N) is 3. The van der Waals surface area contributed by atoms with Crippen LogP contribution in [-0.2, 0) is 0 Å². The van der Waals surface area contributed by atoms with E-state index in [9.17, 15) is 14.3 Å². The van der Waals surface area contributed by atoms with Crippen molar-refractivity contribution in [3.63, 3.8) is 0 Å². The molecule has 0 aliphatic carbocycles. The minimum Gasteiger partial charge on any atom is -0.460 e. The van der Waals surface area contributed by atoms with E-state index in [2.05, 4.69) is 36.2 Å². The number of amides is 1. The molecule has 1 fully saturated rings. The number of rotatable bonds is 10. The summed E-state index contributed by atoms with van der Waals surface area (Å²) in [6, 6.07) is 1.87. The van der Waals surface area contributed by atoms with Crippen LogP contribution in [0, 0.1) is 0 Å². The summed E-state index contributed by atoms with van der Waals surface area (Å²) in [7, 11) is 0. The van der Waals surface area contributed by atoms with Crippen LogP contribution < -0.4 is 26.0 Å². The highest BCUT2D eigenvalue weighted by Gasteiger charge is 2.27. The van der Waals surface area contributed by atoms with E-state index in [0.29, 0.717) is 17.3 Å². The Kier molecular flexibility index (Phi) is 9.03. The number of anilines is 3. The molecule has 1 aliphatic rings. The van der Waals surface area contributed by atoms with Gasteiger partial charge in [0.05, 0.1) is 29.6 Å². The lowest BCUT2D eigenvalue weighted by atomic mass is 10.0. The van der Waals surface area contributed by atoms with Gasteiger partial charge < -0.3 is 31.1 Å². The lowest BCUT2D eigenvalue weighted by Crippen LogP contribution is -2.42. The first-order valence-corrected chi connectivity index (χ1v) is 12.0. The summed E-state index contributed by atoms with van der Waals surface area (Å²) in [5, 5.41) is 22.1. The van der Waals surface area contributed by atoms with E-state index in [1.54, 1.807) is 6.07 Å². The number of pyridine rings is 1. The maximum atomic E-state index is 14.1. The lowest BCUT2D eigenvalue weighted by Gasteiger charge is -2.23. The molecule has 0 radical (unpaired) electrons. The predicted octanol–water partition coefficient (Wildman–Crippen LogP) is 3.06. The third-order valence-electron chi connectivity index (χ3n) is 5.33. The van der Waals surface area contributed by atoms with Crippen molar-refractivity contribution in [2.45, 2.75) is 64.5 Å². The molecule has 1 saturated heterocycles. The normalized spacial score (nSPS) is 15.5. The number of piperidine rings is 1. The number of carbonyl (C=O) groups excluding carboxylic acids is 1. The zero-order chi connectivity index (χ0) is 25.6. The highest BCUT2D eigenvalue weighted by Crippen LogP contribution is 2.27. The number of hydrogen-bond acceptors (Lipinski definition) is 9. The van der Waals surface area contributed by atoms with Crippen LogP contribution in [-0.4, -0.2) is 69.5 Å². The molecular weight excluding hydrogens is 477 g/mol. The van der Waals surface area contributed by atoms with Gasteiger partial charge in [-0.3, -0.25) is 4.79 Å². The summed E-state index contributed by atoms with van der Waals surface area (Å²) in [5.41, 5.74) is -0.841. The topological polar surface area (TPSA) is 133 Å². The maximum Gasteiger partial charge on any atom is 0.318 e. The molecule has 0 spiro atoms. The van der Waals surface area contributed by atoms with Gasteiger partial charge in [-0.15, -0.1) is 0 Å². The summed E-state index contributed by atoms with van der Waals surface area (Å²) in [5.74, 6) is 0.186. The van der Waals surface area contributed by atoms with Crippen molar-refractivity contribution >= 4 is 34.8 Å². The molecule has 10 nitrogen and oxygen atoms in total. The molecule has 35 heavy (non-hydrogen) atoms. The maximum absolute atomic E-state index is 14.1. The molecular formula is C23H33ClFN7O3. The SMILES string of the molecule is CC(C)Nc1cc(Nc2nc(OC3CCNCC3)ncc2Cl)ncc1C(=O)NCC(F)C(C)(C)O. The molecule has 1 unspecified atom stereocenters. The predicted molar refractivity (Wildman–Crippen MR) is 133 cm³/mol. The Balaban J connectivity index is 1.76. The summed E-state index contributed by atoms with van der Waals surface area (Å²) in [6.45, 7) is 7.96. The zero-order valence-corrected chi connectivity index (χ0v) is 21.1. The Labute approximate surface area is 209 Å². The van der Waals surface area contributed by atoms with Gasteiger partial charge in [0.25, 0.3) is 5.91 Å². The van der Waals surface area contributed by atoms with Crippen LogP contribution in [0.1, 0.15) is 50.9 Å². The van der Waals surface area contributed by atoms with Crippen molar-refractivity contribution < 1.29 is 19.0 Å². The van der Waals surface area contributed by atoms with Crippen LogP contribution in [0.15, 0.2) is 18.5 Å². The quantitative estimate of drug-likeness (QED) is 0.327. The van der Waals surface area contributed by atoms with Crippen LogP contribution >= 0.6 is 11.6 Å². The fourth-order valence-electron chi connectivity index (χ4n) is 3.34. The molecule has 2 aromatic rings. The second-order valence-corrected chi connectivity index (χ2v) is 9.69. The third kappa shape index (κ3) is 7.87. The molecule has 0 aromatic carbocycles. The van der Waals surface area contributed by atoms with Gasteiger partial charge in [-0.05, 0) is 53.6 Å². The van der Waals surface area contributed by atoms with E-state index in [-0.39, 0.29) is 35.3 Å². The number of aromatic nitrogens is 3. The monoisotopic (exact) mass is 509 g/mol.